The summed E-state index contributed by atoms with van der Waals surface area (Å²) in [6.07, 6.45) is 1.04. The lowest BCUT2D eigenvalue weighted by molar-refractivity contribution is 0.814. The number of pyridine rings is 1. The lowest BCUT2D eigenvalue weighted by atomic mass is 10.3. The summed E-state index contributed by atoms with van der Waals surface area (Å²) in [4.78, 5) is 6.55. The van der Waals surface area contributed by atoms with Crippen molar-refractivity contribution in [2.45, 2.75) is 6.42 Å². The van der Waals surface area contributed by atoms with E-state index >= 15 is 0 Å². The van der Waals surface area contributed by atoms with Crippen LogP contribution in [0.15, 0.2) is 48.5 Å². The van der Waals surface area contributed by atoms with E-state index in [1.807, 2.05) is 24.3 Å². The molecule has 0 aliphatic heterocycles. The first-order chi connectivity index (χ1) is 9.79. The Bertz CT molecular complexity index is 515. The van der Waals surface area contributed by atoms with Crippen LogP contribution in [0.5, 0.6) is 0 Å². The van der Waals surface area contributed by atoms with Crippen LogP contribution in [0.4, 0.5) is 17.3 Å². The summed E-state index contributed by atoms with van der Waals surface area (Å²) in [5.41, 5.74) is 3.77. The first-order valence-corrected chi connectivity index (χ1v) is 6.73. The molecule has 0 unspecified atom stereocenters. The molecular formula is C15H21N5. The van der Waals surface area contributed by atoms with Crippen molar-refractivity contribution in [1.29, 1.82) is 0 Å². The normalized spacial score (nSPS) is 10.1. The summed E-state index contributed by atoms with van der Waals surface area (Å²) in [6.45, 7) is 1.87. The van der Waals surface area contributed by atoms with Crippen molar-refractivity contribution in [3.8, 4) is 0 Å². The molecule has 0 radical (unpaired) electrons. The maximum Gasteiger partial charge on any atom is 0.142 e. The third-order valence-corrected chi connectivity index (χ3v) is 3.07. The van der Waals surface area contributed by atoms with Crippen molar-refractivity contribution in [3.05, 3.63) is 48.5 Å². The topological polar surface area (TPSA) is 66.2 Å². The number of hydrazine groups is 1. The Morgan fingerprint density at radius 1 is 1.05 bits per heavy atom. The minimum absolute atomic E-state index is 0.663. The molecule has 2 rings (SSSR count). The molecule has 0 amide bonds. The third kappa shape index (κ3) is 4.13. The molecule has 5 nitrogen and oxygen atoms in total. The van der Waals surface area contributed by atoms with Gasteiger partial charge in [-0.15, -0.1) is 0 Å². The van der Waals surface area contributed by atoms with Gasteiger partial charge in [-0.05, 0) is 30.7 Å². The fraction of sp³-hybridized carbons (Fsp3) is 0.267. The number of hydrogen-bond donors (Lipinski definition) is 3. The monoisotopic (exact) mass is 271 g/mol. The second-order valence-electron chi connectivity index (χ2n) is 4.59. The summed E-state index contributed by atoms with van der Waals surface area (Å²) in [5.74, 6) is 6.83. The first kappa shape index (κ1) is 14.1. The number of nitrogens with zero attached hydrogens (tertiary/aromatic N) is 2. The van der Waals surface area contributed by atoms with Gasteiger partial charge in [0.1, 0.15) is 11.6 Å². The number of anilines is 3. The summed E-state index contributed by atoms with van der Waals surface area (Å²) in [6, 6.07) is 16.1. The smallest absolute Gasteiger partial charge is 0.142 e. The van der Waals surface area contributed by atoms with Crippen LogP contribution in [0, 0.1) is 0 Å². The number of rotatable bonds is 7. The standard InChI is InChI=1S/C15H21N5/c1-20(13-7-3-2-4-8-13)12-6-11-17-14-9-5-10-15(18-14)19-16/h2-5,7-10H,6,11-12,16H2,1H3,(H2,17,18,19). The Kier molecular flexibility index (Phi) is 5.20. The predicted molar refractivity (Wildman–Crippen MR) is 84.9 cm³/mol. The van der Waals surface area contributed by atoms with Gasteiger partial charge < -0.3 is 15.6 Å². The molecule has 20 heavy (non-hydrogen) atoms. The van der Waals surface area contributed by atoms with Crippen LogP contribution >= 0.6 is 0 Å². The van der Waals surface area contributed by atoms with Crippen molar-refractivity contribution in [3.63, 3.8) is 0 Å². The summed E-state index contributed by atoms with van der Waals surface area (Å²) >= 11 is 0. The van der Waals surface area contributed by atoms with Crippen molar-refractivity contribution < 1.29 is 0 Å². The van der Waals surface area contributed by atoms with Gasteiger partial charge in [-0.1, -0.05) is 24.3 Å². The van der Waals surface area contributed by atoms with Crippen molar-refractivity contribution >= 4 is 17.3 Å². The fourth-order valence-electron chi connectivity index (χ4n) is 1.96. The Labute approximate surface area is 119 Å². The number of para-hydroxylation sites is 1. The molecular weight excluding hydrogens is 250 g/mol. The zero-order chi connectivity index (χ0) is 14.2. The first-order valence-electron chi connectivity index (χ1n) is 6.73. The van der Waals surface area contributed by atoms with Crippen molar-refractivity contribution in [2.75, 3.05) is 35.8 Å². The number of benzene rings is 1. The molecule has 0 atom stereocenters. The largest absolute Gasteiger partial charge is 0.375 e. The molecule has 5 heteroatoms. The molecule has 1 aromatic heterocycles. The number of nitrogens with two attached hydrogens (primary N) is 1. The molecule has 0 saturated heterocycles. The van der Waals surface area contributed by atoms with Gasteiger partial charge in [0.25, 0.3) is 0 Å². The van der Waals surface area contributed by atoms with Gasteiger partial charge in [0.15, 0.2) is 0 Å². The van der Waals surface area contributed by atoms with Crippen LogP contribution in [0.3, 0.4) is 0 Å². The molecule has 2 aromatic rings. The number of aromatic nitrogens is 1. The van der Waals surface area contributed by atoms with Crippen molar-refractivity contribution in [1.82, 2.24) is 4.98 Å². The highest BCUT2D eigenvalue weighted by atomic mass is 15.3. The predicted octanol–water partition coefficient (Wildman–Crippen LogP) is 2.31. The van der Waals surface area contributed by atoms with E-state index in [1.54, 1.807) is 0 Å². The molecule has 1 heterocycles. The Morgan fingerprint density at radius 2 is 1.80 bits per heavy atom. The third-order valence-electron chi connectivity index (χ3n) is 3.07. The average molecular weight is 271 g/mol. The van der Waals surface area contributed by atoms with E-state index in [2.05, 4.69) is 51.9 Å². The Hall–Kier alpha value is -2.27. The Morgan fingerprint density at radius 3 is 2.55 bits per heavy atom. The van der Waals surface area contributed by atoms with E-state index in [4.69, 9.17) is 5.84 Å². The number of nitrogen functional groups attached to an aromatic ring is 1. The molecule has 0 aliphatic rings. The van der Waals surface area contributed by atoms with E-state index in [0.29, 0.717) is 5.82 Å². The highest BCUT2D eigenvalue weighted by Gasteiger charge is 2.00. The van der Waals surface area contributed by atoms with E-state index < -0.39 is 0 Å². The van der Waals surface area contributed by atoms with Gasteiger partial charge in [0, 0.05) is 25.8 Å². The second kappa shape index (κ2) is 7.35. The van der Waals surface area contributed by atoms with E-state index in [1.165, 1.54) is 5.69 Å². The maximum atomic E-state index is 5.33. The van der Waals surface area contributed by atoms with Crippen LogP contribution in [0.25, 0.3) is 0 Å². The highest BCUT2D eigenvalue weighted by molar-refractivity contribution is 5.45. The molecule has 0 saturated carbocycles. The molecule has 106 valence electrons. The van der Waals surface area contributed by atoms with E-state index in [0.717, 1.165) is 25.3 Å². The van der Waals surface area contributed by atoms with Gasteiger partial charge in [-0.2, -0.15) is 0 Å². The SMILES string of the molecule is CN(CCCNc1cccc(NN)n1)c1ccccc1. The summed E-state index contributed by atoms with van der Waals surface area (Å²) in [5, 5.41) is 3.29. The van der Waals surface area contributed by atoms with Crippen LogP contribution in [-0.4, -0.2) is 25.1 Å². The van der Waals surface area contributed by atoms with Gasteiger partial charge in [0.05, 0.1) is 0 Å². The zero-order valence-electron chi connectivity index (χ0n) is 11.7. The van der Waals surface area contributed by atoms with Gasteiger partial charge in [-0.25, -0.2) is 10.8 Å². The second-order valence-corrected chi connectivity index (χ2v) is 4.59. The van der Waals surface area contributed by atoms with Gasteiger partial charge in [0.2, 0.25) is 0 Å². The molecule has 4 N–H and O–H groups in total. The molecule has 0 aliphatic carbocycles. The fourth-order valence-corrected chi connectivity index (χ4v) is 1.96. The number of hydrogen-bond acceptors (Lipinski definition) is 5. The van der Waals surface area contributed by atoms with Crippen LogP contribution in [0.2, 0.25) is 0 Å². The van der Waals surface area contributed by atoms with Crippen LogP contribution in [-0.2, 0) is 0 Å². The highest BCUT2D eigenvalue weighted by Crippen LogP contribution is 2.11. The quantitative estimate of drug-likeness (QED) is 0.410. The minimum atomic E-state index is 0.663. The average Bonchev–Trinajstić information content (AvgIpc) is 2.52. The Balaban J connectivity index is 1.73. The minimum Gasteiger partial charge on any atom is -0.375 e. The van der Waals surface area contributed by atoms with Gasteiger partial charge >= 0.3 is 0 Å². The molecule has 0 fully saturated rings. The lowest BCUT2D eigenvalue weighted by Gasteiger charge is -2.19. The van der Waals surface area contributed by atoms with Gasteiger partial charge in [-0.3, -0.25) is 0 Å². The van der Waals surface area contributed by atoms with Crippen LogP contribution < -0.4 is 21.5 Å². The van der Waals surface area contributed by atoms with E-state index in [-0.39, 0.29) is 0 Å². The zero-order valence-corrected chi connectivity index (χ0v) is 11.7. The lowest BCUT2D eigenvalue weighted by Crippen LogP contribution is -2.20. The number of nitrogens with one attached hydrogen (secondary N) is 2. The molecule has 0 spiro atoms. The summed E-state index contributed by atoms with van der Waals surface area (Å²) < 4.78 is 0. The van der Waals surface area contributed by atoms with Crippen LogP contribution in [0.1, 0.15) is 6.42 Å². The summed E-state index contributed by atoms with van der Waals surface area (Å²) in [7, 11) is 2.10. The van der Waals surface area contributed by atoms with E-state index in [9.17, 15) is 0 Å². The molecule has 1 aromatic carbocycles. The van der Waals surface area contributed by atoms with Crippen molar-refractivity contribution in [2.24, 2.45) is 5.84 Å². The molecule has 0 bridgehead atoms. The maximum absolute atomic E-state index is 5.33.